The summed E-state index contributed by atoms with van der Waals surface area (Å²) >= 11 is 6.26. The van der Waals surface area contributed by atoms with Crippen LogP contribution in [0.1, 0.15) is 77.3 Å². The SMILES string of the molecule is O=C(c1ccc(-c2ccc(Cl)cc2)c(-c2ccc3cc(-c4nc5cc(C(=O)[N+]([O-])(O)CCc6ccccc6)ccc5n4C4CCCCC4)ccc3n2)c1)N1CCCC1. The van der Waals surface area contributed by atoms with E-state index in [-0.39, 0.29) is 30.5 Å². The third-order valence-corrected chi connectivity index (χ3v) is 12.0. The molecule has 9 nitrogen and oxygen atoms in total. The van der Waals surface area contributed by atoms with Gasteiger partial charge in [-0.15, -0.1) is 4.81 Å². The summed E-state index contributed by atoms with van der Waals surface area (Å²) < 4.78 is 2.29. The smallest absolute Gasteiger partial charge is 0.378 e. The summed E-state index contributed by atoms with van der Waals surface area (Å²) in [5.41, 5.74) is 8.40. The zero-order valence-electron chi connectivity index (χ0n) is 32.2. The van der Waals surface area contributed by atoms with Crippen LogP contribution >= 0.6 is 11.6 Å². The average Bonchev–Trinajstić information content (AvgIpc) is 3.95. The Kier molecular flexibility index (Phi) is 10.4. The quantitative estimate of drug-likeness (QED) is 0.0885. The Morgan fingerprint density at radius 1 is 0.724 bits per heavy atom. The van der Waals surface area contributed by atoms with Crippen molar-refractivity contribution in [3.63, 3.8) is 0 Å². The molecule has 2 fully saturated rings. The van der Waals surface area contributed by atoms with Crippen LogP contribution < -0.4 is 0 Å². The van der Waals surface area contributed by atoms with Gasteiger partial charge in [-0.2, -0.15) is 0 Å². The van der Waals surface area contributed by atoms with Gasteiger partial charge in [0.2, 0.25) is 0 Å². The Bertz CT molecular complexity index is 2650. The van der Waals surface area contributed by atoms with Crippen LogP contribution in [0.25, 0.3) is 55.7 Å². The lowest BCUT2D eigenvalue weighted by Gasteiger charge is -2.30. The highest BCUT2D eigenvalue weighted by Crippen LogP contribution is 2.38. The third kappa shape index (κ3) is 7.54. The number of pyridine rings is 1. The van der Waals surface area contributed by atoms with Gasteiger partial charge in [0.15, 0.2) is 0 Å². The Morgan fingerprint density at radius 3 is 2.24 bits per heavy atom. The van der Waals surface area contributed by atoms with Gasteiger partial charge in [0.1, 0.15) is 12.4 Å². The maximum absolute atomic E-state index is 13.5. The molecule has 292 valence electrons. The Labute approximate surface area is 342 Å². The van der Waals surface area contributed by atoms with E-state index in [0.29, 0.717) is 16.1 Å². The van der Waals surface area contributed by atoms with Gasteiger partial charge in [-0.25, -0.2) is 20.0 Å². The molecule has 2 aliphatic rings. The van der Waals surface area contributed by atoms with Crippen LogP contribution in [0.2, 0.25) is 5.02 Å². The zero-order valence-corrected chi connectivity index (χ0v) is 32.9. The molecule has 2 aromatic heterocycles. The molecule has 3 heterocycles. The number of quaternary nitrogens is 1. The van der Waals surface area contributed by atoms with Crippen molar-refractivity contribution in [1.29, 1.82) is 0 Å². The number of benzene rings is 5. The number of imidazole rings is 1. The molecule has 1 saturated heterocycles. The lowest BCUT2D eigenvalue weighted by Crippen LogP contribution is -2.45. The number of likely N-dealkylation sites (tertiary alicyclic amines) is 1. The van der Waals surface area contributed by atoms with Gasteiger partial charge in [0.25, 0.3) is 5.91 Å². The van der Waals surface area contributed by atoms with Crippen molar-refractivity contribution in [2.45, 2.75) is 57.4 Å². The number of aromatic nitrogens is 3. The molecule has 1 aliphatic carbocycles. The molecule has 1 N–H and O–H groups in total. The fraction of sp³-hybridized carbons (Fsp3) is 0.250. The van der Waals surface area contributed by atoms with Crippen molar-refractivity contribution in [1.82, 2.24) is 19.4 Å². The van der Waals surface area contributed by atoms with Crippen molar-refractivity contribution in [3.8, 4) is 33.8 Å². The van der Waals surface area contributed by atoms with Gasteiger partial charge in [-0.1, -0.05) is 85.5 Å². The molecule has 5 aromatic carbocycles. The highest BCUT2D eigenvalue weighted by Gasteiger charge is 2.30. The van der Waals surface area contributed by atoms with E-state index >= 15 is 0 Å². The van der Waals surface area contributed by atoms with Gasteiger partial charge >= 0.3 is 5.91 Å². The Hall–Kier alpha value is -5.71. The number of amides is 2. The summed E-state index contributed by atoms with van der Waals surface area (Å²) in [7, 11) is 0. The number of halogens is 1. The number of rotatable bonds is 9. The first-order chi connectivity index (χ1) is 28.2. The molecule has 2 amide bonds. The van der Waals surface area contributed by atoms with Crippen LogP contribution in [0, 0.1) is 5.21 Å². The largest absolute Gasteiger partial charge is 0.591 e. The van der Waals surface area contributed by atoms with Crippen molar-refractivity contribution in [2.75, 3.05) is 19.6 Å². The van der Waals surface area contributed by atoms with E-state index in [0.717, 1.165) is 107 Å². The third-order valence-electron chi connectivity index (χ3n) is 11.8. The standard InChI is InChI=1S/C48H44ClN5O4/c49-38-19-13-33(14-20-38)40-21-15-36(47(55)52-26-7-8-27-52)30-41(40)43-23-16-34-29-35(17-22-42(34)50-43)46-51-44-31-37(18-24-45(44)53(46)39-11-5-2-6-12-39)48(56)54(57,58)28-25-32-9-3-1-4-10-32/h1,3-4,9-10,13-24,29-31,39,57H,2,5-8,11-12,25-28H2. The minimum atomic E-state index is -1.99. The summed E-state index contributed by atoms with van der Waals surface area (Å²) in [6, 6.07) is 38.5. The number of hydrogen-bond donors (Lipinski definition) is 1. The van der Waals surface area contributed by atoms with E-state index < -0.39 is 10.7 Å². The summed E-state index contributed by atoms with van der Waals surface area (Å²) in [6.07, 6.45) is 7.78. The van der Waals surface area contributed by atoms with E-state index in [1.54, 1.807) is 12.1 Å². The highest BCUT2D eigenvalue weighted by molar-refractivity contribution is 6.30. The molecule has 10 heteroatoms. The molecular formula is C48H44ClN5O4. The van der Waals surface area contributed by atoms with Crippen molar-refractivity contribution in [2.24, 2.45) is 0 Å². The van der Waals surface area contributed by atoms with Crippen LogP contribution in [-0.4, -0.2) is 60.9 Å². The van der Waals surface area contributed by atoms with Crippen LogP contribution in [0.15, 0.2) is 121 Å². The summed E-state index contributed by atoms with van der Waals surface area (Å²) in [5, 5.41) is 25.5. The first-order valence-corrected chi connectivity index (χ1v) is 20.6. The van der Waals surface area contributed by atoms with E-state index in [1.165, 1.54) is 6.42 Å². The predicted molar refractivity (Wildman–Crippen MR) is 228 cm³/mol. The first-order valence-electron chi connectivity index (χ1n) is 20.3. The minimum absolute atomic E-state index is 0.0371. The average molecular weight is 790 g/mol. The molecule has 9 rings (SSSR count). The Balaban J connectivity index is 1.07. The molecule has 0 radical (unpaired) electrons. The molecule has 1 unspecified atom stereocenters. The van der Waals surface area contributed by atoms with Crippen molar-refractivity contribution in [3.05, 3.63) is 148 Å². The fourth-order valence-corrected chi connectivity index (χ4v) is 8.79. The van der Waals surface area contributed by atoms with Crippen LogP contribution in [0.5, 0.6) is 0 Å². The van der Waals surface area contributed by atoms with Gasteiger partial charge in [-0.05, 0) is 109 Å². The lowest BCUT2D eigenvalue weighted by atomic mass is 9.94. The molecular weight excluding hydrogens is 746 g/mol. The summed E-state index contributed by atoms with van der Waals surface area (Å²) in [5.74, 6) is -0.0917. The number of carbonyl (C=O) groups is 2. The molecule has 58 heavy (non-hydrogen) atoms. The highest BCUT2D eigenvalue weighted by atomic mass is 35.5. The van der Waals surface area contributed by atoms with Gasteiger partial charge in [0, 0.05) is 52.7 Å². The van der Waals surface area contributed by atoms with Crippen LogP contribution in [0.4, 0.5) is 0 Å². The maximum atomic E-state index is 13.5. The normalized spacial score (nSPS) is 15.9. The van der Waals surface area contributed by atoms with Gasteiger partial charge < -0.3 is 14.7 Å². The summed E-state index contributed by atoms with van der Waals surface area (Å²) in [6.45, 7) is 1.26. The lowest BCUT2D eigenvalue weighted by molar-refractivity contribution is -0.995. The first kappa shape index (κ1) is 37.8. The molecule has 0 bridgehead atoms. The maximum Gasteiger partial charge on any atom is 0.378 e. The Morgan fingerprint density at radius 2 is 1.47 bits per heavy atom. The van der Waals surface area contributed by atoms with Crippen molar-refractivity contribution >= 4 is 45.4 Å². The minimum Gasteiger partial charge on any atom is -0.591 e. The number of nitrogens with zero attached hydrogens (tertiary/aromatic N) is 5. The second-order valence-electron chi connectivity index (χ2n) is 15.6. The molecule has 1 atom stereocenters. The number of hydroxylamine groups is 4. The van der Waals surface area contributed by atoms with Gasteiger partial charge in [0.05, 0.1) is 27.8 Å². The van der Waals surface area contributed by atoms with E-state index in [2.05, 4.69) is 16.7 Å². The van der Waals surface area contributed by atoms with Crippen molar-refractivity contribution < 1.29 is 19.6 Å². The monoisotopic (exact) mass is 789 g/mol. The number of hydrogen-bond acceptors (Lipinski definition) is 6. The molecule has 1 aliphatic heterocycles. The number of carbonyl (C=O) groups excluding carboxylic acids is 2. The van der Waals surface area contributed by atoms with Crippen LogP contribution in [-0.2, 0) is 6.42 Å². The van der Waals surface area contributed by atoms with E-state index in [9.17, 15) is 20.0 Å². The fourth-order valence-electron chi connectivity index (χ4n) is 8.66. The second-order valence-corrected chi connectivity index (χ2v) is 16.1. The molecule has 0 spiro atoms. The second kappa shape index (κ2) is 15.9. The predicted octanol–water partition coefficient (Wildman–Crippen LogP) is 11.1. The number of fused-ring (bicyclic) bond motifs is 2. The molecule has 7 aromatic rings. The van der Waals surface area contributed by atoms with Gasteiger partial charge in [-0.3, -0.25) is 4.79 Å². The topological polar surface area (TPSA) is 111 Å². The summed E-state index contributed by atoms with van der Waals surface area (Å²) in [4.78, 5) is 37.2. The molecule has 1 saturated carbocycles. The zero-order chi connectivity index (χ0) is 39.8. The van der Waals surface area contributed by atoms with Crippen LogP contribution in [0.3, 0.4) is 0 Å². The van der Waals surface area contributed by atoms with E-state index in [4.69, 9.17) is 21.6 Å². The van der Waals surface area contributed by atoms with E-state index in [1.807, 2.05) is 102 Å².